The topological polar surface area (TPSA) is 73.8 Å². The lowest BCUT2D eigenvalue weighted by Crippen LogP contribution is -2.46. The van der Waals surface area contributed by atoms with Crippen LogP contribution in [0.5, 0.6) is 5.75 Å². The average Bonchev–Trinajstić information content (AvgIpc) is 2.97. The molecule has 1 N–H and O–H groups in total. The Hall–Kier alpha value is -3.01. The van der Waals surface area contributed by atoms with Crippen LogP contribution in [0.25, 0.3) is 0 Å². The first kappa shape index (κ1) is 27.6. The maximum Gasteiger partial charge on any atom is 0.230 e. The first-order valence-electron chi connectivity index (χ1n) is 13.4. The Bertz CT molecular complexity index is 1220. The molecule has 0 aliphatic carbocycles. The van der Waals surface area contributed by atoms with Gasteiger partial charge in [-0.2, -0.15) is 0 Å². The first-order chi connectivity index (χ1) is 19.1. The number of nitrogens with zero attached hydrogens (tertiary/aromatic N) is 5. The van der Waals surface area contributed by atoms with Crippen molar-refractivity contribution in [3.05, 3.63) is 71.4 Å². The molecule has 1 aromatic heterocycles. The number of hydrogen-bond acceptors (Lipinski definition) is 8. The van der Waals surface area contributed by atoms with Gasteiger partial charge in [0.05, 0.1) is 12.9 Å². The first-order valence-corrected chi connectivity index (χ1v) is 14.8. The highest BCUT2D eigenvalue weighted by atomic mass is 35.5. The van der Waals surface area contributed by atoms with Crippen molar-refractivity contribution in [2.24, 2.45) is 0 Å². The maximum absolute atomic E-state index is 12.7. The average molecular weight is 567 g/mol. The second-order valence-corrected chi connectivity index (χ2v) is 11.2. The molecular formula is C29H35ClN6O2S. The van der Waals surface area contributed by atoms with Crippen LogP contribution in [0.4, 0.5) is 11.5 Å². The summed E-state index contributed by atoms with van der Waals surface area (Å²) in [5.74, 6) is 1.95. The van der Waals surface area contributed by atoms with E-state index in [0.29, 0.717) is 10.3 Å². The van der Waals surface area contributed by atoms with E-state index in [1.165, 1.54) is 23.0 Å². The number of aromatic nitrogens is 2. The lowest BCUT2D eigenvalue weighted by molar-refractivity contribution is -0.119. The summed E-state index contributed by atoms with van der Waals surface area (Å²) in [6.07, 6.45) is 1.92. The highest BCUT2D eigenvalue weighted by molar-refractivity contribution is 7.99. The number of carbonyl (C=O) groups is 1. The third kappa shape index (κ3) is 7.77. The molecule has 3 aromatic rings. The summed E-state index contributed by atoms with van der Waals surface area (Å²) in [5, 5.41) is 4.12. The molecule has 0 unspecified atom stereocenters. The van der Waals surface area contributed by atoms with Crippen LogP contribution in [0, 0.1) is 0 Å². The van der Waals surface area contributed by atoms with Gasteiger partial charge >= 0.3 is 0 Å². The van der Waals surface area contributed by atoms with Gasteiger partial charge < -0.3 is 19.9 Å². The van der Waals surface area contributed by atoms with E-state index in [0.717, 1.165) is 70.2 Å². The number of ether oxygens (including phenoxy) is 1. The Balaban J connectivity index is 1.07. The van der Waals surface area contributed by atoms with E-state index >= 15 is 0 Å². The van der Waals surface area contributed by atoms with Crippen LogP contribution in [-0.4, -0.2) is 78.9 Å². The van der Waals surface area contributed by atoms with Crippen LogP contribution in [-0.2, 0) is 11.3 Å². The van der Waals surface area contributed by atoms with E-state index in [1.807, 2.05) is 18.2 Å². The number of carbonyl (C=O) groups excluding carboxylic acids is 1. The van der Waals surface area contributed by atoms with Crippen LogP contribution < -0.4 is 19.9 Å². The summed E-state index contributed by atoms with van der Waals surface area (Å²) in [6.45, 7) is 6.34. The fourth-order valence-corrected chi connectivity index (χ4v) is 5.97. The Morgan fingerprint density at radius 2 is 1.67 bits per heavy atom. The molecule has 2 aliphatic heterocycles. The molecule has 206 valence electrons. The number of halogens is 1. The van der Waals surface area contributed by atoms with Gasteiger partial charge in [-0.3, -0.25) is 9.69 Å². The molecule has 0 spiro atoms. The van der Waals surface area contributed by atoms with Crippen LogP contribution in [0.1, 0.15) is 18.4 Å². The van der Waals surface area contributed by atoms with Crippen LogP contribution in [0.3, 0.4) is 0 Å². The number of likely N-dealkylation sites (tertiary alicyclic amines) is 1. The molecular weight excluding hydrogens is 532 g/mol. The molecule has 0 radical (unpaired) electrons. The number of piperazine rings is 1. The van der Waals surface area contributed by atoms with Gasteiger partial charge in [-0.05, 0) is 42.7 Å². The molecule has 2 aliphatic rings. The quantitative estimate of drug-likeness (QED) is 0.233. The van der Waals surface area contributed by atoms with Crippen LogP contribution >= 0.6 is 23.4 Å². The molecule has 5 rings (SSSR count). The van der Waals surface area contributed by atoms with Crippen molar-refractivity contribution in [3.8, 4) is 5.75 Å². The van der Waals surface area contributed by atoms with Gasteiger partial charge in [-0.25, -0.2) is 9.97 Å². The fraction of sp³-hybridized carbons (Fsp3) is 0.414. The Morgan fingerprint density at radius 3 is 2.36 bits per heavy atom. The maximum atomic E-state index is 12.7. The van der Waals surface area contributed by atoms with Crippen molar-refractivity contribution in [2.45, 2.75) is 30.6 Å². The number of methoxy groups -OCH3 is 1. The molecule has 10 heteroatoms. The molecule has 2 aromatic carbocycles. The molecule has 39 heavy (non-hydrogen) atoms. The molecule has 8 nitrogen and oxygen atoms in total. The summed E-state index contributed by atoms with van der Waals surface area (Å²) in [4.78, 5) is 28.8. The second kappa shape index (κ2) is 13.4. The van der Waals surface area contributed by atoms with Gasteiger partial charge in [0, 0.05) is 63.6 Å². The Morgan fingerprint density at radius 1 is 0.974 bits per heavy atom. The summed E-state index contributed by atoms with van der Waals surface area (Å²) < 4.78 is 5.27. The minimum absolute atomic E-state index is 0.0136. The summed E-state index contributed by atoms with van der Waals surface area (Å²) in [6, 6.07) is 20.7. The van der Waals surface area contributed by atoms with E-state index in [2.05, 4.69) is 61.4 Å². The smallest absolute Gasteiger partial charge is 0.230 e. The molecule has 2 fully saturated rings. The molecule has 0 bridgehead atoms. The zero-order valence-corrected chi connectivity index (χ0v) is 23.8. The van der Waals surface area contributed by atoms with Crippen molar-refractivity contribution in [1.29, 1.82) is 0 Å². The second-order valence-electron chi connectivity index (χ2n) is 9.90. The molecule has 1 amide bonds. The highest BCUT2D eigenvalue weighted by Crippen LogP contribution is 2.25. The third-order valence-corrected chi connectivity index (χ3v) is 8.28. The Kier molecular flexibility index (Phi) is 9.44. The number of piperidine rings is 1. The van der Waals surface area contributed by atoms with E-state index in [9.17, 15) is 4.79 Å². The number of hydrogen-bond donors (Lipinski definition) is 1. The Labute approximate surface area is 239 Å². The van der Waals surface area contributed by atoms with E-state index in [4.69, 9.17) is 21.3 Å². The lowest BCUT2D eigenvalue weighted by Gasteiger charge is -2.36. The molecule has 0 saturated carbocycles. The summed E-state index contributed by atoms with van der Waals surface area (Å²) in [5.41, 5.74) is 2.51. The van der Waals surface area contributed by atoms with Crippen molar-refractivity contribution in [2.75, 3.05) is 61.9 Å². The zero-order valence-electron chi connectivity index (χ0n) is 22.3. The monoisotopic (exact) mass is 566 g/mol. The number of benzene rings is 2. The van der Waals surface area contributed by atoms with Gasteiger partial charge in [0.25, 0.3) is 0 Å². The van der Waals surface area contributed by atoms with Crippen LogP contribution in [0.2, 0.25) is 5.15 Å². The predicted molar refractivity (Wildman–Crippen MR) is 158 cm³/mol. The van der Waals surface area contributed by atoms with E-state index < -0.39 is 0 Å². The summed E-state index contributed by atoms with van der Waals surface area (Å²) in [7, 11) is 1.68. The molecule has 0 atom stereocenters. The van der Waals surface area contributed by atoms with Crippen molar-refractivity contribution >= 4 is 40.8 Å². The summed E-state index contributed by atoms with van der Waals surface area (Å²) >= 11 is 7.68. The predicted octanol–water partition coefficient (Wildman–Crippen LogP) is 4.34. The fourth-order valence-electron chi connectivity index (χ4n) is 5.08. The molecule has 2 saturated heterocycles. The zero-order chi connectivity index (χ0) is 27.0. The number of thioether (sulfide) groups is 1. The minimum atomic E-state index is 0.0136. The van der Waals surface area contributed by atoms with Gasteiger partial charge in [0.1, 0.15) is 16.7 Å². The van der Waals surface area contributed by atoms with Gasteiger partial charge in [0.15, 0.2) is 5.16 Å². The van der Waals surface area contributed by atoms with Crippen molar-refractivity contribution in [3.63, 3.8) is 0 Å². The molecule has 3 heterocycles. The standard InChI is InChI=1S/C29H35ClN6O2S/c1-38-25-9-7-24(8-10-25)35-15-17-36(18-16-35)27-19-26(30)32-29(33-27)39-21-28(37)31-23-11-13-34(14-12-23)20-22-5-3-2-4-6-22/h2-10,19,23H,11-18,20-21H2,1H3,(H,31,37). The number of amides is 1. The van der Waals surface area contributed by atoms with E-state index in [-0.39, 0.29) is 17.7 Å². The largest absolute Gasteiger partial charge is 0.497 e. The number of nitrogens with one attached hydrogen (secondary N) is 1. The lowest BCUT2D eigenvalue weighted by atomic mass is 10.0. The normalized spacial score (nSPS) is 16.8. The van der Waals surface area contributed by atoms with Crippen molar-refractivity contribution < 1.29 is 9.53 Å². The minimum Gasteiger partial charge on any atom is -0.497 e. The number of rotatable bonds is 9. The number of anilines is 2. The SMILES string of the molecule is COc1ccc(N2CCN(c3cc(Cl)nc(SCC(=O)NC4CCN(Cc5ccccc5)CC4)n3)CC2)cc1. The van der Waals surface area contributed by atoms with Gasteiger partial charge in [-0.15, -0.1) is 0 Å². The van der Waals surface area contributed by atoms with Gasteiger partial charge in [-0.1, -0.05) is 53.7 Å². The van der Waals surface area contributed by atoms with Gasteiger partial charge in [0.2, 0.25) is 5.91 Å². The third-order valence-electron chi connectivity index (χ3n) is 7.24. The van der Waals surface area contributed by atoms with Crippen LogP contribution in [0.15, 0.2) is 65.8 Å². The highest BCUT2D eigenvalue weighted by Gasteiger charge is 2.22. The van der Waals surface area contributed by atoms with Crippen molar-refractivity contribution in [1.82, 2.24) is 20.2 Å². The van der Waals surface area contributed by atoms with E-state index in [1.54, 1.807) is 13.2 Å².